The molecule has 0 spiro atoms. The Labute approximate surface area is 136 Å². The molecule has 2 N–H and O–H groups in total. The fourth-order valence-electron chi connectivity index (χ4n) is 5.88. The molecule has 2 fully saturated rings. The van der Waals surface area contributed by atoms with Gasteiger partial charge >= 0.3 is 0 Å². The highest BCUT2D eigenvalue weighted by atomic mass is 16.3. The molecular weight excluding hydrogens is 272 g/mol. The minimum Gasteiger partial charge on any atom is -0.394 e. The predicted octanol–water partition coefficient (Wildman–Crippen LogP) is 4.31. The van der Waals surface area contributed by atoms with Crippen molar-refractivity contribution in [3.63, 3.8) is 0 Å². The second-order valence-corrected chi connectivity index (χ2v) is 9.48. The summed E-state index contributed by atoms with van der Waals surface area (Å²) in [5, 5.41) is 19.7. The Morgan fingerprint density at radius 3 is 2.59 bits per heavy atom. The van der Waals surface area contributed by atoms with E-state index in [1.807, 2.05) is 0 Å². The average Bonchev–Trinajstić information content (AvgIpc) is 2.47. The fourth-order valence-corrected chi connectivity index (χ4v) is 5.88. The highest BCUT2D eigenvalue weighted by Gasteiger charge is 2.54. The number of rotatable bonds is 2. The van der Waals surface area contributed by atoms with Gasteiger partial charge in [0.15, 0.2) is 0 Å². The Morgan fingerprint density at radius 1 is 1.18 bits per heavy atom. The van der Waals surface area contributed by atoms with E-state index in [2.05, 4.69) is 33.8 Å². The maximum absolute atomic E-state index is 10.3. The van der Waals surface area contributed by atoms with Crippen molar-refractivity contribution >= 4 is 0 Å². The highest BCUT2D eigenvalue weighted by Crippen LogP contribution is 2.63. The number of aliphatic hydroxyl groups is 2. The van der Waals surface area contributed by atoms with Crippen molar-refractivity contribution in [3.05, 3.63) is 11.6 Å². The van der Waals surface area contributed by atoms with Crippen molar-refractivity contribution in [2.45, 2.75) is 78.7 Å². The summed E-state index contributed by atoms with van der Waals surface area (Å²) in [5.41, 5.74) is 2.40. The van der Waals surface area contributed by atoms with Crippen LogP contribution in [0.3, 0.4) is 0 Å². The van der Waals surface area contributed by atoms with Crippen LogP contribution in [0.1, 0.15) is 72.6 Å². The van der Waals surface area contributed by atoms with E-state index in [1.165, 1.54) is 32.1 Å². The van der Waals surface area contributed by atoms with E-state index in [1.54, 1.807) is 5.57 Å². The summed E-state index contributed by atoms with van der Waals surface area (Å²) in [5.74, 6) is 1.40. The Bertz CT molecular complexity index is 466. The first-order valence-corrected chi connectivity index (χ1v) is 9.22. The van der Waals surface area contributed by atoms with Gasteiger partial charge in [0.05, 0.1) is 12.7 Å². The van der Waals surface area contributed by atoms with Crippen LogP contribution in [0.2, 0.25) is 0 Å². The van der Waals surface area contributed by atoms with E-state index in [0.717, 1.165) is 18.8 Å². The molecule has 0 aromatic heterocycles. The molecule has 0 unspecified atom stereocenters. The Kier molecular flexibility index (Phi) is 4.01. The third-order valence-electron chi connectivity index (χ3n) is 7.73. The fraction of sp³-hybridized carbons (Fsp3) is 0.900. The zero-order chi connectivity index (χ0) is 16.2. The molecule has 126 valence electrons. The molecule has 0 aliphatic heterocycles. The Hall–Kier alpha value is -0.340. The van der Waals surface area contributed by atoms with Crippen LogP contribution in [0.15, 0.2) is 11.6 Å². The van der Waals surface area contributed by atoms with Crippen molar-refractivity contribution in [2.75, 3.05) is 6.61 Å². The molecule has 0 amide bonds. The van der Waals surface area contributed by atoms with Gasteiger partial charge in [0, 0.05) is 0 Å². The number of hydrogen-bond acceptors (Lipinski definition) is 2. The van der Waals surface area contributed by atoms with Gasteiger partial charge in [-0.2, -0.15) is 0 Å². The lowest BCUT2D eigenvalue weighted by atomic mass is 9.46. The van der Waals surface area contributed by atoms with Gasteiger partial charge in [-0.3, -0.25) is 0 Å². The second-order valence-electron chi connectivity index (χ2n) is 9.48. The lowest BCUT2D eigenvalue weighted by Crippen LogP contribution is -2.51. The quantitative estimate of drug-likeness (QED) is 0.746. The smallest absolute Gasteiger partial charge is 0.0824 e. The molecule has 0 heterocycles. The molecule has 3 rings (SSSR count). The SMILES string of the molecule is CC1(C)CCC[C@H]2C1=CC[C@H]1C[C@@](C)([C@H](O)CO)CC[C@@]12C. The first-order chi connectivity index (χ1) is 10.2. The summed E-state index contributed by atoms with van der Waals surface area (Å²) in [6.07, 6.45) is 10.5. The van der Waals surface area contributed by atoms with Crippen LogP contribution in [-0.4, -0.2) is 22.9 Å². The highest BCUT2D eigenvalue weighted by molar-refractivity contribution is 5.26. The Morgan fingerprint density at radius 2 is 1.91 bits per heavy atom. The number of hydrogen-bond donors (Lipinski definition) is 2. The molecule has 2 heteroatoms. The number of allylic oxidation sites excluding steroid dienone is 2. The first kappa shape index (κ1) is 16.5. The maximum Gasteiger partial charge on any atom is 0.0824 e. The topological polar surface area (TPSA) is 40.5 Å². The van der Waals surface area contributed by atoms with Gasteiger partial charge in [-0.05, 0) is 66.6 Å². The van der Waals surface area contributed by atoms with Gasteiger partial charge in [0.2, 0.25) is 0 Å². The molecule has 0 aromatic rings. The average molecular weight is 306 g/mol. The van der Waals surface area contributed by atoms with Gasteiger partial charge in [-0.1, -0.05) is 45.8 Å². The molecule has 2 saturated carbocycles. The van der Waals surface area contributed by atoms with Gasteiger partial charge in [0.25, 0.3) is 0 Å². The second kappa shape index (κ2) is 5.34. The van der Waals surface area contributed by atoms with Crippen LogP contribution in [0.5, 0.6) is 0 Å². The minimum atomic E-state index is -0.565. The molecule has 0 radical (unpaired) electrons. The molecule has 3 aliphatic carbocycles. The summed E-state index contributed by atoms with van der Waals surface area (Å²) >= 11 is 0. The third kappa shape index (κ3) is 2.38. The largest absolute Gasteiger partial charge is 0.394 e. The van der Waals surface area contributed by atoms with E-state index >= 15 is 0 Å². The van der Waals surface area contributed by atoms with Crippen molar-refractivity contribution in [1.29, 1.82) is 0 Å². The summed E-state index contributed by atoms with van der Waals surface area (Å²) in [7, 11) is 0. The maximum atomic E-state index is 10.3. The van der Waals surface area contributed by atoms with Crippen molar-refractivity contribution in [2.24, 2.45) is 28.1 Å². The number of fused-ring (bicyclic) bond motifs is 3. The molecule has 3 aliphatic rings. The van der Waals surface area contributed by atoms with Crippen LogP contribution >= 0.6 is 0 Å². The van der Waals surface area contributed by atoms with E-state index in [-0.39, 0.29) is 12.0 Å². The number of aliphatic hydroxyl groups excluding tert-OH is 2. The lowest BCUT2D eigenvalue weighted by molar-refractivity contribution is -0.0909. The van der Waals surface area contributed by atoms with Crippen molar-refractivity contribution in [3.8, 4) is 0 Å². The van der Waals surface area contributed by atoms with E-state index in [4.69, 9.17) is 0 Å². The normalized spacial score (nSPS) is 45.5. The standard InChI is InChI=1S/C20H34O2/c1-18(2)9-5-6-16-15(18)8-7-14-12-19(3,17(22)13-21)10-11-20(14,16)4/h8,14,16-17,21-22H,5-7,9-13H2,1-4H3/t14-,16-,17+,19-,20-/m0/s1. The van der Waals surface area contributed by atoms with Gasteiger partial charge in [-0.25, -0.2) is 0 Å². The minimum absolute atomic E-state index is 0.0997. The first-order valence-electron chi connectivity index (χ1n) is 9.22. The van der Waals surface area contributed by atoms with Crippen molar-refractivity contribution < 1.29 is 10.2 Å². The van der Waals surface area contributed by atoms with Crippen LogP contribution in [-0.2, 0) is 0 Å². The molecule has 0 saturated heterocycles. The summed E-state index contributed by atoms with van der Waals surface area (Å²) in [4.78, 5) is 0. The molecule has 22 heavy (non-hydrogen) atoms. The predicted molar refractivity (Wildman–Crippen MR) is 90.5 cm³/mol. The van der Waals surface area contributed by atoms with E-state index < -0.39 is 6.10 Å². The molecule has 0 aromatic carbocycles. The van der Waals surface area contributed by atoms with E-state index in [0.29, 0.717) is 16.7 Å². The zero-order valence-electron chi connectivity index (χ0n) is 14.9. The molecular formula is C20H34O2. The van der Waals surface area contributed by atoms with Crippen LogP contribution < -0.4 is 0 Å². The summed E-state index contributed by atoms with van der Waals surface area (Å²) in [6.45, 7) is 9.45. The third-order valence-corrected chi connectivity index (χ3v) is 7.73. The Balaban J connectivity index is 1.89. The monoisotopic (exact) mass is 306 g/mol. The van der Waals surface area contributed by atoms with Gasteiger partial charge in [-0.15, -0.1) is 0 Å². The summed E-state index contributed by atoms with van der Waals surface area (Å²) < 4.78 is 0. The molecule has 5 atom stereocenters. The van der Waals surface area contributed by atoms with Gasteiger partial charge < -0.3 is 10.2 Å². The van der Waals surface area contributed by atoms with Crippen molar-refractivity contribution in [1.82, 2.24) is 0 Å². The zero-order valence-corrected chi connectivity index (χ0v) is 14.9. The van der Waals surface area contributed by atoms with Crippen LogP contribution in [0.25, 0.3) is 0 Å². The van der Waals surface area contributed by atoms with Crippen LogP contribution in [0, 0.1) is 28.1 Å². The van der Waals surface area contributed by atoms with E-state index in [9.17, 15) is 10.2 Å². The lowest BCUT2D eigenvalue weighted by Gasteiger charge is -2.59. The summed E-state index contributed by atoms with van der Waals surface area (Å²) in [6, 6.07) is 0. The van der Waals surface area contributed by atoms with Gasteiger partial charge in [0.1, 0.15) is 0 Å². The van der Waals surface area contributed by atoms with Crippen LogP contribution in [0.4, 0.5) is 0 Å². The molecule has 0 bridgehead atoms. The molecule has 2 nitrogen and oxygen atoms in total.